The third-order valence-corrected chi connectivity index (χ3v) is 6.10. The Morgan fingerprint density at radius 1 is 1.32 bits per heavy atom. The van der Waals surface area contributed by atoms with E-state index in [4.69, 9.17) is 4.98 Å². The van der Waals surface area contributed by atoms with Gasteiger partial charge < -0.3 is 4.90 Å². The topological polar surface area (TPSA) is 62.3 Å². The minimum absolute atomic E-state index is 0.0648. The van der Waals surface area contributed by atoms with Crippen LogP contribution in [0.3, 0.4) is 0 Å². The number of fused-ring (bicyclic) bond motifs is 1. The molecular formula is C18H25N3O2S2. The van der Waals surface area contributed by atoms with Gasteiger partial charge in [-0.2, -0.15) is 0 Å². The lowest BCUT2D eigenvalue weighted by Crippen LogP contribution is -2.29. The van der Waals surface area contributed by atoms with Crippen molar-refractivity contribution >= 4 is 32.7 Å². The Labute approximate surface area is 154 Å². The van der Waals surface area contributed by atoms with Gasteiger partial charge in [-0.05, 0) is 30.5 Å². The highest BCUT2D eigenvalue weighted by Crippen LogP contribution is 2.34. The van der Waals surface area contributed by atoms with E-state index >= 15 is 0 Å². The third kappa shape index (κ3) is 4.33. The van der Waals surface area contributed by atoms with Crippen LogP contribution in [0.1, 0.15) is 43.5 Å². The Kier molecular flexibility index (Phi) is 4.81. The van der Waals surface area contributed by atoms with Crippen molar-refractivity contribution in [2.24, 2.45) is 0 Å². The Hall–Kier alpha value is -1.60. The highest BCUT2D eigenvalue weighted by atomic mass is 32.2. The molecule has 0 aliphatic carbocycles. The van der Waals surface area contributed by atoms with E-state index in [-0.39, 0.29) is 5.41 Å². The summed E-state index contributed by atoms with van der Waals surface area (Å²) >= 11 is 1.71. The maximum absolute atomic E-state index is 11.6. The number of benzene rings is 1. The molecule has 0 fully saturated rings. The van der Waals surface area contributed by atoms with Crippen LogP contribution in [0.2, 0.25) is 0 Å². The molecule has 1 N–H and O–H groups in total. The number of hydrogen-bond acceptors (Lipinski definition) is 5. The third-order valence-electron chi connectivity index (χ3n) is 4.19. The smallest absolute Gasteiger partial charge is 0.229 e. The highest BCUT2D eigenvalue weighted by molar-refractivity contribution is 7.92. The first-order valence-corrected chi connectivity index (χ1v) is 11.2. The van der Waals surface area contributed by atoms with Crippen LogP contribution in [-0.2, 0) is 28.4 Å². The number of hydrogen-bond donors (Lipinski definition) is 1. The number of sulfonamides is 1. The van der Waals surface area contributed by atoms with Gasteiger partial charge in [0.25, 0.3) is 0 Å². The van der Waals surface area contributed by atoms with Crippen molar-refractivity contribution in [2.45, 2.75) is 45.6 Å². The SMILES string of the molecule is CC(C)(C)c1nc(CN2CCCc3c(NS(C)(=O)=O)cccc32)cs1. The van der Waals surface area contributed by atoms with Gasteiger partial charge in [-0.25, -0.2) is 13.4 Å². The predicted octanol–water partition coefficient (Wildman–Crippen LogP) is 3.76. The summed E-state index contributed by atoms with van der Waals surface area (Å²) in [6.45, 7) is 8.23. The van der Waals surface area contributed by atoms with Crippen molar-refractivity contribution < 1.29 is 8.42 Å². The second-order valence-corrected chi connectivity index (χ2v) is 10.2. The first-order chi connectivity index (χ1) is 11.6. The number of thiazole rings is 1. The van der Waals surface area contributed by atoms with Gasteiger partial charge in [-0.1, -0.05) is 26.8 Å². The van der Waals surface area contributed by atoms with E-state index in [0.717, 1.165) is 47.9 Å². The van der Waals surface area contributed by atoms with Crippen LogP contribution in [0, 0.1) is 0 Å². The Bertz CT molecular complexity index is 867. The van der Waals surface area contributed by atoms with E-state index in [9.17, 15) is 8.42 Å². The average molecular weight is 380 g/mol. The van der Waals surface area contributed by atoms with Crippen LogP contribution in [0.5, 0.6) is 0 Å². The lowest BCUT2D eigenvalue weighted by Gasteiger charge is -2.32. The Morgan fingerprint density at radius 2 is 2.08 bits per heavy atom. The van der Waals surface area contributed by atoms with Crippen LogP contribution in [-0.4, -0.2) is 26.2 Å². The molecular weight excluding hydrogens is 354 g/mol. The minimum atomic E-state index is -3.28. The van der Waals surface area contributed by atoms with E-state index in [1.807, 2.05) is 12.1 Å². The second kappa shape index (κ2) is 6.61. The molecule has 0 bridgehead atoms. The quantitative estimate of drug-likeness (QED) is 0.878. The molecule has 0 saturated carbocycles. The van der Waals surface area contributed by atoms with Crippen LogP contribution in [0.4, 0.5) is 11.4 Å². The number of nitrogens with zero attached hydrogens (tertiary/aromatic N) is 2. The summed E-state index contributed by atoms with van der Waals surface area (Å²) in [6.07, 6.45) is 3.08. The molecule has 0 amide bonds. The summed E-state index contributed by atoms with van der Waals surface area (Å²) in [6, 6.07) is 5.81. The molecule has 0 atom stereocenters. The van der Waals surface area contributed by atoms with Crippen molar-refractivity contribution in [3.63, 3.8) is 0 Å². The summed E-state index contributed by atoms with van der Waals surface area (Å²) in [5.41, 5.74) is 4.01. The van der Waals surface area contributed by atoms with E-state index in [1.165, 1.54) is 6.26 Å². The first kappa shape index (κ1) is 18.2. The molecule has 0 saturated heterocycles. The van der Waals surface area contributed by atoms with Gasteiger partial charge in [-0.3, -0.25) is 4.72 Å². The van der Waals surface area contributed by atoms with Crippen molar-refractivity contribution in [1.82, 2.24) is 4.98 Å². The normalized spacial score (nSPS) is 15.1. The van der Waals surface area contributed by atoms with E-state index < -0.39 is 10.0 Å². The summed E-state index contributed by atoms with van der Waals surface area (Å²) in [5, 5.41) is 3.28. The fourth-order valence-corrected chi connectivity index (χ4v) is 4.57. The maximum Gasteiger partial charge on any atom is 0.229 e. The Balaban J connectivity index is 1.87. The minimum Gasteiger partial charge on any atom is -0.365 e. The fraction of sp³-hybridized carbons (Fsp3) is 0.500. The molecule has 0 unspecified atom stereocenters. The largest absolute Gasteiger partial charge is 0.365 e. The zero-order chi connectivity index (χ0) is 18.2. The number of aromatic nitrogens is 1. The van der Waals surface area contributed by atoms with Crippen molar-refractivity contribution in [2.75, 3.05) is 22.4 Å². The molecule has 3 rings (SSSR count). The number of nitrogens with one attached hydrogen (secondary N) is 1. The monoisotopic (exact) mass is 379 g/mol. The lowest BCUT2D eigenvalue weighted by molar-refractivity contribution is 0.581. The maximum atomic E-state index is 11.6. The van der Waals surface area contributed by atoms with Gasteiger partial charge in [0.15, 0.2) is 0 Å². The Morgan fingerprint density at radius 3 is 2.72 bits per heavy atom. The molecule has 5 nitrogen and oxygen atoms in total. The van der Waals surface area contributed by atoms with Gasteiger partial charge in [0, 0.05) is 23.0 Å². The van der Waals surface area contributed by atoms with Gasteiger partial charge in [0.05, 0.1) is 29.2 Å². The standard InChI is InChI=1S/C18H25N3O2S2/c1-18(2,3)17-19-13(12-24-17)11-21-10-6-7-14-15(20-25(4,22)23)8-5-9-16(14)21/h5,8-9,12,20H,6-7,10-11H2,1-4H3. The summed E-state index contributed by atoms with van der Waals surface area (Å²) in [4.78, 5) is 7.10. The van der Waals surface area contributed by atoms with Crippen LogP contribution < -0.4 is 9.62 Å². The van der Waals surface area contributed by atoms with Gasteiger partial charge in [-0.15, -0.1) is 11.3 Å². The van der Waals surface area contributed by atoms with Crippen molar-refractivity contribution in [3.05, 3.63) is 39.8 Å². The van der Waals surface area contributed by atoms with Crippen LogP contribution >= 0.6 is 11.3 Å². The van der Waals surface area contributed by atoms with Gasteiger partial charge in [0.2, 0.25) is 10.0 Å². The summed E-state index contributed by atoms with van der Waals surface area (Å²) in [5.74, 6) is 0. The molecule has 2 aromatic rings. The number of anilines is 2. The number of rotatable bonds is 4. The lowest BCUT2D eigenvalue weighted by atomic mass is 9.98. The molecule has 1 aliphatic heterocycles. The van der Waals surface area contributed by atoms with E-state index in [2.05, 4.69) is 41.8 Å². The predicted molar refractivity (Wildman–Crippen MR) is 105 cm³/mol. The van der Waals surface area contributed by atoms with Gasteiger partial charge >= 0.3 is 0 Å². The zero-order valence-electron chi connectivity index (χ0n) is 15.2. The van der Waals surface area contributed by atoms with Crippen LogP contribution in [0.15, 0.2) is 23.6 Å². The summed E-state index contributed by atoms with van der Waals surface area (Å²) < 4.78 is 25.9. The van der Waals surface area contributed by atoms with E-state index in [0.29, 0.717) is 5.69 Å². The summed E-state index contributed by atoms with van der Waals surface area (Å²) in [7, 11) is -3.28. The van der Waals surface area contributed by atoms with Crippen molar-refractivity contribution in [1.29, 1.82) is 0 Å². The molecule has 1 aliphatic rings. The first-order valence-electron chi connectivity index (χ1n) is 8.43. The molecule has 7 heteroatoms. The fourth-order valence-electron chi connectivity index (χ4n) is 3.08. The molecule has 1 aromatic heterocycles. The molecule has 136 valence electrons. The van der Waals surface area contributed by atoms with Crippen molar-refractivity contribution in [3.8, 4) is 0 Å². The molecule has 0 spiro atoms. The molecule has 0 radical (unpaired) electrons. The molecule has 1 aromatic carbocycles. The van der Waals surface area contributed by atoms with Gasteiger partial charge in [0.1, 0.15) is 0 Å². The molecule has 25 heavy (non-hydrogen) atoms. The zero-order valence-corrected chi connectivity index (χ0v) is 16.8. The van der Waals surface area contributed by atoms with E-state index in [1.54, 1.807) is 11.3 Å². The van der Waals surface area contributed by atoms with Crippen LogP contribution in [0.25, 0.3) is 0 Å². The molecule has 2 heterocycles. The average Bonchev–Trinajstić information content (AvgIpc) is 2.95. The highest BCUT2D eigenvalue weighted by Gasteiger charge is 2.23. The second-order valence-electron chi connectivity index (χ2n) is 7.60.